The molecule has 1 amide bonds. The van der Waals surface area contributed by atoms with Gasteiger partial charge >= 0.3 is 0 Å². The molecule has 8 heteroatoms. The minimum atomic E-state index is -3.41. The quantitative estimate of drug-likeness (QED) is 0.519. The first-order valence-corrected chi connectivity index (χ1v) is 11.4. The van der Waals surface area contributed by atoms with E-state index in [2.05, 4.69) is 15.0 Å². The molecule has 0 fully saturated rings. The Bertz CT molecular complexity index is 1180. The Labute approximate surface area is 181 Å². The van der Waals surface area contributed by atoms with E-state index in [1.807, 2.05) is 42.5 Å². The van der Waals surface area contributed by atoms with Crippen LogP contribution in [0.25, 0.3) is 6.08 Å². The fourth-order valence-corrected chi connectivity index (χ4v) is 3.30. The fourth-order valence-electron chi connectivity index (χ4n) is 2.68. The third-order valence-electron chi connectivity index (χ3n) is 4.22. The highest BCUT2D eigenvalue weighted by atomic mass is 32.2. The Morgan fingerprint density at radius 1 is 1.10 bits per heavy atom. The highest BCUT2D eigenvalue weighted by Gasteiger charge is 2.07. The number of anilines is 2. The minimum Gasteiger partial charge on any atom is -0.487 e. The van der Waals surface area contributed by atoms with Gasteiger partial charge in [-0.25, -0.2) is 8.42 Å². The molecule has 1 heterocycles. The molecule has 2 N–H and O–H groups in total. The molecule has 1 aromatic heterocycles. The summed E-state index contributed by atoms with van der Waals surface area (Å²) in [6.07, 6.45) is 5.89. The number of benzene rings is 2. The summed E-state index contributed by atoms with van der Waals surface area (Å²) in [5.74, 6) is 0.377. The molecule has 3 aromatic rings. The first-order valence-electron chi connectivity index (χ1n) is 9.49. The smallest absolute Gasteiger partial charge is 0.248 e. The van der Waals surface area contributed by atoms with Crippen LogP contribution < -0.4 is 14.8 Å². The fraction of sp³-hybridized carbons (Fsp3) is 0.130. The summed E-state index contributed by atoms with van der Waals surface area (Å²) in [4.78, 5) is 16.4. The van der Waals surface area contributed by atoms with Crippen molar-refractivity contribution < 1.29 is 17.9 Å². The van der Waals surface area contributed by atoms with Gasteiger partial charge in [0.1, 0.15) is 12.4 Å². The number of carbonyl (C=O) groups excluding carboxylic acids is 1. The van der Waals surface area contributed by atoms with Crippen molar-refractivity contribution in [2.75, 3.05) is 16.3 Å². The first-order chi connectivity index (χ1) is 14.8. The molecule has 0 radical (unpaired) electrons. The predicted octanol–water partition coefficient (Wildman–Crippen LogP) is 3.99. The number of aryl methyl sites for hydroxylation is 1. The predicted molar refractivity (Wildman–Crippen MR) is 122 cm³/mol. The summed E-state index contributed by atoms with van der Waals surface area (Å²) in [7, 11) is -3.41. The molecule has 160 valence electrons. The zero-order valence-corrected chi connectivity index (χ0v) is 18.0. The molecule has 7 nitrogen and oxygen atoms in total. The van der Waals surface area contributed by atoms with Crippen molar-refractivity contribution in [2.24, 2.45) is 0 Å². The number of ether oxygens (including phenoxy) is 1. The Morgan fingerprint density at radius 3 is 2.55 bits per heavy atom. The van der Waals surface area contributed by atoms with Crippen LogP contribution in [-0.4, -0.2) is 25.6 Å². The number of nitrogens with zero attached hydrogens (tertiary/aromatic N) is 1. The van der Waals surface area contributed by atoms with Gasteiger partial charge in [-0.1, -0.05) is 24.3 Å². The summed E-state index contributed by atoms with van der Waals surface area (Å²) in [6, 6.07) is 18.0. The topological polar surface area (TPSA) is 97.4 Å². The van der Waals surface area contributed by atoms with Crippen molar-refractivity contribution in [3.05, 3.63) is 89.8 Å². The van der Waals surface area contributed by atoms with Crippen LogP contribution in [-0.2, 0) is 21.4 Å². The molecule has 0 aliphatic heterocycles. The molecule has 0 unspecified atom stereocenters. The van der Waals surface area contributed by atoms with E-state index in [9.17, 15) is 13.2 Å². The monoisotopic (exact) mass is 437 g/mol. The van der Waals surface area contributed by atoms with Gasteiger partial charge in [0, 0.05) is 18.0 Å². The van der Waals surface area contributed by atoms with Crippen LogP contribution in [0.2, 0.25) is 0 Å². The van der Waals surface area contributed by atoms with E-state index in [4.69, 9.17) is 4.74 Å². The lowest BCUT2D eigenvalue weighted by Gasteiger charge is -2.10. The summed E-state index contributed by atoms with van der Waals surface area (Å²) in [5.41, 5.74) is 3.34. The lowest BCUT2D eigenvalue weighted by atomic mass is 10.2. The van der Waals surface area contributed by atoms with E-state index >= 15 is 0 Å². The maximum absolute atomic E-state index is 12.2. The van der Waals surface area contributed by atoms with Crippen molar-refractivity contribution in [3.8, 4) is 5.75 Å². The molecule has 3 rings (SSSR count). The number of amides is 1. The van der Waals surface area contributed by atoms with Crippen molar-refractivity contribution >= 4 is 33.4 Å². The zero-order valence-electron chi connectivity index (χ0n) is 17.2. The van der Waals surface area contributed by atoms with Gasteiger partial charge in [0.05, 0.1) is 17.6 Å². The summed E-state index contributed by atoms with van der Waals surface area (Å²) >= 11 is 0. The molecule has 2 aromatic carbocycles. The second-order valence-electron chi connectivity index (χ2n) is 6.91. The molecular formula is C23H23N3O4S. The number of aromatic nitrogens is 1. The van der Waals surface area contributed by atoms with Crippen LogP contribution in [0.3, 0.4) is 0 Å². The maximum atomic E-state index is 12.2. The SMILES string of the molecule is Cc1ccc(NC(=O)/C=C/c2ccc(OCc3ccccn3)cc2)cc1NS(C)(=O)=O. The van der Waals surface area contributed by atoms with Crippen LogP contribution in [0.1, 0.15) is 16.8 Å². The average Bonchev–Trinajstić information content (AvgIpc) is 2.74. The number of rotatable bonds is 8. The van der Waals surface area contributed by atoms with Crippen molar-refractivity contribution in [3.63, 3.8) is 0 Å². The Morgan fingerprint density at radius 2 is 1.87 bits per heavy atom. The largest absolute Gasteiger partial charge is 0.487 e. The van der Waals surface area contributed by atoms with E-state index in [1.54, 1.807) is 37.4 Å². The van der Waals surface area contributed by atoms with Gasteiger partial charge in [-0.3, -0.25) is 14.5 Å². The normalized spacial score (nSPS) is 11.3. The highest BCUT2D eigenvalue weighted by molar-refractivity contribution is 7.92. The minimum absolute atomic E-state index is 0.329. The van der Waals surface area contributed by atoms with Crippen LogP contribution in [0.4, 0.5) is 11.4 Å². The van der Waals surface area contributed by atoms with Crippen LogP contribution in [0, 0.1) is 6.92 Å². The summed E-state index contributed by atoms with van der Waals surface area (Å²) in [5, 5.41) is 2.72. The first kappa shape index (κ1) is 22.0. The van der Waals surface area contributed by atoms with Crippen molar-refractivity contribution in [2.45, 2.75) is 13.5 Å². The zero-order chi connectivity index (χ0) is 22.3. The van der Waals surface area contributed by atoms with Gasteiger partial charge in [-0.05, 0) is 60.5 Å². The lowest BCUT2D eigenvalue weighted by molar-refractivity contribution is -0.111. The summed E-state index contributed by atoms with van der Waals surface area (Å²) in [6.45, 7) is 2.16. The second-order valence-corrected chi connectivity index (χ2v) is 8.65. The van der Waals surface area contributed by atoms with E-state index < -0.39 is 10.0 Å². The second kappa shape index (κ2) is 9.90. The number of hydrogen-bond acceptors (Lipinski definition) is 5. The summed E-state index contributed by atoms with van der Waals surface area (Å²) < 4.78 is 31.0. The molecule has 0 spiro atoms. The van der Waals surface area contributed by atoms with Crippen LogP contribution >= 0.6 is 0 Å². The van der Waals surface area contributed by atoms with E-state index in [-0.39, 0.29) is 5.91 Å². The number of nitrogens with one attached hydrogen (secondary N) is 2. The molecule has 0 aliphatic rings. The van der Waals surface area contributed by atoms with Gasteiger partial charge in [0.25, 0.3) is 0 Å². The maximum Gasteiger partial charge on any atom is 0.248 e. The molecular weight excluding hydrogens is 414 g/mol. The third kappa shape index (κ3) is 7.27. The van der Waals surface area contributed by atoms with Gasteiger partial charge in [-0.15, -0.1) is 0 Å². The van der Waals surface area contributed by atoms with Gasteiger partial charge in [0.2, 0.25) is 15.9 Å². The molecule has 31 heavy (non-hydrogen) atoms. The number of hydrogen-bond donors (Lipinski definition) is 2. The van der Waals surface area contributed by atoms with E-state index in [0.29, 0.717) is 23.7 Å². The standard InChI is InChI=1S/C23H23N3O4S/c1-17-6-10-19(15-22(17)26-31(2,28)29)25-23(27)13-9-18-7-11-21(12-8-18)30-16-20-5-3-4-14-24-20/h3-15,26H,16H2,1-2H3,(H,25,27)/b13-9+. The van der Waals surface area contributed by atoms with Gasteiger partial charge in [-0.2, -0.15) is 0 Å². The van der Waals surface area contributed by atoms with E-state index in [0.717, 1.165) is 23.1 Å². The molecule has 0 aliphatic carbocycles. The highest BCUT2D eigenvalue weighted by Crippen LogP contribution is 2.21. The number of sulfonamides is 1. The Hall–Kier alpha value is -3.65. The molecule has 0 atom stereocenters. The van der Waals surface area contributed by atoms with Crippen LogP contribution in [0.15, 0.2) is 72.9 Å². The number of pyridine rings is 1. The Balaban J connectivity index is 1.57. The van der Waals surface area contributed by atoms with Crippen LogP contribution in [0.5, 0.6) is 5.75 Å². The van der Waals surface area contributed by atoms with Gasteiger partial charge in [0.15, 0.2) is 0 Å². The molecule has 0 saturated carbocycles. The Kier molecular flexibility index (Phi) is 7.04. The number of carbonyl (C=O) groups is 1. The molecule has 0 saturated heterocycles. The van der Waals surface area contributed by atoms with Crippen molar-refractivity contribution in [1.29, 1.82) is 0 Å². The van der Waals surface area contributed by atoms with Crippen molar-refractivity contribution in [1.82, 2.24) is 4.98 Å². The lowest BCUT2D eigenvalue weighted by Crippen LogP contribution is -2.12. The van der Waals surface area contributed by atoms with Gasteiger partial charge < -0.3 is 10.1 Å². The average molecular weight is 438 g/mol. The third-order valence-corrected chi connectivity index (χ3v) is 4.81. The molecule has 0 bridgehead atoms. The van der Waals surface area contributed by atoms with E-state index in [1.165, 1.54) is 6.08 Å².